The van der Waals surface area contributed by atoms with Crippen LogP contribution in [0.15, 0.2) is 35.3 Å². The summed E-state index contributed by atoms with van der Waals surface area (Å²) in [6.45, 7) is 9.35. The first-order chi connectivity index (χ1) is 13.2. The molecule has 1 aromatic rings. The highest BCUT2D eigenvalue weighted by Gasteiger charge is 2.23. The predicted octanol–water partition coefficient (Wildman–Crippen LogP) is 3.56. The molecule has 3 rings (SSSR count). The zero-order valence-corrected chi connectivity index (χ0v) is 19.9. The van der Waals surface area contributed by atoms with E-state index in [9.17, 15) is 0 Å². The van der Waals surface area contributed by atoms with E-state index in [2.05, 4.69) is 62.7 Å². The number of likely N-dealkylation sites (tertiary alicyclic amines) is 1. The van der Waals surface area contributed by atoms with Crippen LogP contribution in [0.4, 0.5) is 5.69 Å². The Hall–Kier alpha value is -1.02. The third kappa shape index (κ3) is 7.43. The number of nitrogens with zero attached hydrogens (tertiary/aromatic N) is 3. The van der Waals surface area contributed by atoms with Gasteiger partial charge in [0, 0.05) is 45.0 Å². The van der Waals surface area contributed by atoms with E-state index in [1.54, 1.807) is 0 Å². The standard InChI is InChI=1S/C22H37N5.HI/c1-19-9-8-15-26(17-19)14-7-6-13-24-22(23-2)25-20-12-16-27(18-20)21-10-4-3-5-11-21;/h3-5,10-11,19-20H,6-9,12-18H2,1-2H3,(H2,23,24,25);1H. The normalized spacial score (nSPS) is 23.4. The van der Waals surface area contributed by atoms with Gasteiger partial charge in [0.1, 0.15) is 0 Å². The maximum atomic E-state index is 4.41. The molecule has 0 saturated carbocycles. The zero-order valence-electron chi connectivity index (χ0n) is 17.6. The van der Waals surface area contributed by atoms with Crippen molar-refractivity contribution in [2.75, 3.05) is 51.2 Å². The molecule has 2 heterocycles. The molecule has 2 aliphatic rings. The molecule has 0 radical (unpaired) electrons. The summed E-state index contributed by atoms with van der Waals surface area (Å²) < 4.78 is 0. The van der Waals surface area contributed by atoms with Crippen LogP contribution >= 0.6 is 24.0 Å². The minimum Gasteiger partial charge on any atom is -0.369 e. The first-order valence-electron chi connectivity index (χ1n) is 10.7. The lowest BCUT2D eigenvalue weighted by Gasteiger charge is -2.30. The van der Waals surface area contributed by atoms with Crippen molar-refractivity contribution < 1.29 is 0 Å². The van der Waals surface area contributed by atoms with Gasteiger partial charge in [0.05, 0.1) is 0 Å². The first kappa shape index (κ1) is 23.3. The van der Waals surface area contributed by atoms with Gasteiger partial charge in [0.25, 0.3) is 0 Å². The SMILES string of the molecule is CN=C(NCCCCN1CCCC(C)C1)NC1CCN(c2ccccc2)C1.I. The lowest BCUT2D eigenvalue weighted by Crippen LogP contribution is -2.45. The number of anilines is 1. The van der Waals surface area contributed by atoms with Gasteiger partial charge in [0.2, 0.25) is 0 Å². The van der Waals surface area contributed by atoms with E-state index in [4.69, 9.17) is 0 Å². The van der Waals surface area contributed by atoms with Crippen LogP contribution in [0.25, 0.3) is 0 Å². The number of hydrogen-bond donors (Lipinski definition) is 2. The molecule has 6 heteroatoms. The molecule has 0 amide bonds. The van der Waals surface area contributed by atoms with Crippen molar-refractivity contribution in [2.24, 2.45) is 10.9 Å². The van der Waals surface area contributed by atoms with Crippen molar-refractivity contribution in [1.82, 2.24) is 15.5 Å². The Balaban J connectivity index is 0.00000280. The Kier molecular flexibility index (Phi) is 10.4. The number of unbranched alkanes of at least 4 members (excludes halogenated alkanes) is 1. The molecule has 158 valence electrons. The maximum absolute atomic E-state index is 4.41. The number of guanidine groups is 1. The number of nitrogens with one attached hydrogen (secondary N) is 2. The molecular formula is C22H38IN5. The van der Waals surface area contributed by atoms with Gasteiger partial charge >= 0.3 is 0 Å². The highest BCUT2D eigenvalue weighted by molar-refractivity contribution is 14.0. The summed E-state index contributed by atoms with van der Waals surface area (Å²) in [5, 5.41) is 7.10. The number of piperidine rings is 1. The maximum Gasteiger partial charge on any atom is 0.191 e. The van der Waals surface area contributed by atoms with E-state index >= 15 is 0 Å². The Labute approximate surface area is 188 Å². The number of para-hydroxylation sites is 1. The van der Waals surface area contributed by atoms with Crippen molar-refractivity contribution >= 4 is 35.6 Å². The van der Waals surface area contributed by atoms with Gasteiger partial charge in [-0.1, -0.05) is 25.1 Å². The lowest BCUT2D eigenvalue weighted by molar-refractivity contribution is 0.181. The topological polar surface area (TPSA) is 42.9 Å². The highest BCUT2D eigenvalue weighted by Crippen LogP contribution is 2.19. The van der Waals surface area contributed by atoms with Gasteiger partial charge in [-0.05, 0) is 63.2 Å². The van der Waals surface area contributed by atoms with Crippen molar-refractivity contribution in [3.05, 3.63) is 30.3 Å². The van der Waals surface area contributed by atoms with Crippen LogP contribution in [0.3, 0.4) is 0 Å². The van der Waals surface area contributed by atoms with Gasteiger partial charge in [-0.25, -0.2) is 0 Å². The van der Waals surface area contributed by atoms with Gasteiger partial charge in [0.15, 0.2) is 5.96 Å². The molecule has 0 aromatic heterocycles. The molecule has 0 spiro atoms. The number of halogens is 1. The van der Waals surface area contributed by atoms with Crippen molar-refractivity contribution in [3.8, 4) is 0 Å². The molecule has 5 nitrogen and oxygen atoms in total. The minimum absolute atomic E-state index is 0. The van der Waals surface area contributed by atoms with Gasteiger partial charge in [-0.2, -0.15) is 0 Å². The van der Waals surface area contributed by atoms with E-state index in [0.717, 1.165) is 37.9 Å². The van der Waals surface area contributed by atoms with Crippen LogP contribution in [0, 0.1) is 5.92 Å². The Bertz CT molecular complexity index is 580. The fourth-order valence-corrected chi connectivity index (χ4v) is 4.30. The van der Waals surface area contributed by atoms with E-state index in [1.165, 1.54) is 51.0 Å². The first-order valence-corrected chi connectivity index (χ1v) is 10.7. The molecule has 2 atom stereocenters. The Morgan fingerprint density at radius 1 is 1.11 bits per heavy atom. The molecule has 28 heavy (non-hydrogen) atoms. The number of benzene rings is 1. The fourth-order valence-electron chi connectivity index (χ4n) is 4.30. The van der Waals surface area contributed by atoms with Crippen LogP contribution in [0.1, 0.15) is 39.0 Å². The zero-order chi connectivity index (χ0) is 18.9. The number of aliphatic imine (C=N–C) groups is 1. The summed E-state index contributed by atoms with van der Waals surface area (Å²) in [7, 11) is 1.87. The van der Waals surface area contributed by atoms with Crippen molar-refractivity contribution in [1.29, 1.82) is 0 Å². The molecular weight excluding hydrogens is 461 g/mol. The molecule has 1 aromatic carbocycles. The average Bonchev–Trinajstić information content (AvgIpc) is 3.16. The van der Waals surface area contributed by atoms with Crippen LogP contribution in [0.2, 0.25) is 0 Å². The van der Waals surface area contributed by atoms with E-state index in [1.807, 2.05) is 7.05 Å². The Morgan fingerprint density at radius 2 is 1.93 bits per heavy atom. The molecule has 2 aliphatic heterocycles. The van der Waals surface area contributed by atoms with Gasteiger partial charge in [-0.15, -0.1) is 24.0 Å². The van der Waals surface area contributed by atoms with E-state index in [0.29, 0.717) is 6.04 Å². The highest BCUT2D eigenvalue weighted by atomic mass is 127. The van der Waals surface area contributed by atoms with Crippen molar-refractivity contribution in [3.63, 3.8) is 0 Å². The summed E-state index contributed by atoms with van der Waals surface area (Å²) in [4.78, 5) is 9.50. The quantitative estimate of drug-likeness (QED) is 0.261. The second-order valence-electron chi connectivity index (χ2n) is 8.17. The number of hydrogen-bond acceptors (Lipinski definition) is 3. The third-order valence-corrected chi connectivity index (χ3v) is 5.81. The molecule has 2 N–H and O–H groups in total. The predicted molar refractivity (Wildman–Crippen MR) is 131 cm³/mol. The van der Waals surface area contributed by atoms with Crippen LogP contribution in [-0.4, -0.2) is 63.2 Å². The Morgan fingerprint density at radius 3 is 2.68 bits per heavy atom. The molecule has 2 unspecified atom stereocenters. The second-order valence-corrected chi connectivity index (χ2v) is 8.17. The summed E-state index contributed by atoms with van der Waals surface area (Å²) in [6.07, 6.45) is 6.40. The summed E-state index contributed by atoms with van der Waals surface area (Å²) in [6, 6.07) is 11.2. The largest absolute Gasteiger partial charge is 0.369 e. The van der Waals surface area contributed by atoms with Crippen LogP contribution < -0.4 is 15.5 Å². The van der Waals surface area contributed by atoms with Crippen LogP contribution in [0.5, 0.6) is 0 Å². The van der Waals surface area contributed by atoms with Gasteiger partial charge < -0.3 is 20.4 Å². The average molecular weight is 499 g/mol. The fraction of sp³-hybridized carbons (Fsp3) is 0.682. The monoisotopic (exact) mass is 499 g/mol. The summed E-state index contributed by atoms with van der Waals surface area (Å²) in [5.74, 6) is 1.82. The third-order valence-electron chi connectivity index (χ3n) is 5.81. The summed E-state index contributed by atoms with van der Waals surface area (Å²) >= 11 is 0. The van der Waals surface area contributed by atoms with Crippen LogP contribution in [-0.2, 0) is 0 Å². The second kappa shape index (κ2) is 12.5. The van der Waals surface area contributed by atoms with E-state index < -0.39 is 0 Å². The van der Waals surface area contributed by atoms with Gasteiger partial charge in [-0.3, -0.25) is 4.99 Å². The molecule has 2 fully saturated rings. The molecule has 2 saturated heterocycles. The van der Waals surface area contributed by atoms with Crippen molar-refractivity contribution in [2.45, 2.75) is 45.1 Å². The lowest BCUT2D eigenvalue weighted by atomic mass is 10.0. The minimum atomic E-state index is 0. The molecule has 0 bridgehead atoms. The van der Waals surface area contributed by atoms with E-state index in [-0.39, 0.29) is 24.0 Å². The molecule has 0 aliphatic carbocycles. The summed E-state index contributed by atoms with van der Waals surface area (Å²) in [5.41, 5.74) is 1.32. The number of rotatable bonds is 7. The smallest absolute Gasteiger partial charge is 0.191 e.